The molecule has 4 rings (SSSR count). The van der Waals surface area contributed by atoms with Gasteiger partial charge in [0.15, 0.2) is 17.6 Å². The van der Waals surface area contributed by atoms with Crippen LogP contribution in [0.2, 0.25) is 0 Å². The van der Waals surface area contributed by atoms with E-state index in [9.17, 15) is 20.1 Å². The van der Waals surface area contributed by atoms with Gasteiger partial charge < -0.3 is 34.6 Å². The molecule has 3 heterocycles. The van der Waals surface area contributed by atoms with Crippen LogP contribution >= 0.6 is 0 Å². The van der Waals surface area contributed by atoms with Crippen LogP contribution in [-0.2, 0) is 4.79 Å². The van der Waals surface area contributed by atoms with Gasteiger partial charge in [-0.25, -0.2) is 4.98 Å². The average Bonchev–Trinajstić information content (AvgIpc) is 3.48. The van der Waals surface area contributed by atoms with Crippen molar-refractivity contribution in [2.45, 2.75) is 51.4 Å². The first-order valence-electron chi connectivity index (χ1n) is 12.4. The maximum Gasteiger partial charge on any atom is 0.253 e. The highest BCUT2D eigenvalue weighted by atomic mass is 16.5. The molecule has 0 bridgehead atoms. The summed E-state index contributed by atoms with van der Waals surface area (Å²) in [5.74, 6) is 1.44. The van der Waals surface area contributed by atoms with E-state index in [2.05, 4.69) is 9.88 Å². The maximum absolute atomic E-state index is 12.6. The van der Waals surface area contributed by atoms with Crippen molar-refractivity contribution in [1.29, 1.82) is 0 Å². The lowest BCUT2D eigenvalue weighted by molar-refractivity contribution is -0.141. The van der Waals surface area contributed by atoms with Crippen molar-refractivity contribution in [1.82, 2.24) is 9.88 Å². The number of carbonyl (C=O) groups excluding carboxylic acids is 1. The minimum atomic E-state index is -1.47. The van der Waals surface area contributed by atoms with Gasteiger partial charge in [-0.05, 0) is 43.7 Å². The molecule has 3 unspecified atom stereocenters. The van der Waals surface area contributed by atoms with Crippen molar-refractivity contribution < 1.29 is 29.6 Å². The van der Waals surface area contributed by atoms with Crippen LogP contribution in [0.15, 0.2) is 36.4 Å². The van der Waals surface area contributed by atoms with Gasteiger partial charge in [0.05, 0.1) is 26.4 Å². The first-order valence-corrected chi connectivity index (χ1v) is 12.4. The van der Waals surface area contributed by atoms with Gasteiger partial charge >= 0.3 is 0 Å². The lowest BCUT2D eigenvalue weighted by Gasteiger charge is -2.34. The Bertz CT molecular complexity index is 1080. The van der Waals surface area contributed by atoms with Gasteiger partial charge in [-0.2, -0.15) is 0 Å². The summed E-state index contributed by atoms with van der Waals surface area (Å²) in [4.78, 5) is 21.0. The van der Waals surface area contributed by atoms with Gasteiger partial charge in [0, 0.05) is 43.1 Å². The van der Waals surface area contributed by atoms with Gasteiger partial charge in [-0.3, -0.25) is 4.79 Å². The normalized spacial score (nSPS) is 25.6. The Kier molecular flexibility index (Phi) is 7.73. The Labute approximate surface area is 212 Å². The van der Waals surface area contributed by atoms with Crippen LogP contribution in [0, 0.1) is 12.3 Å². The number of pyridine rings is 1. The maximum atomic E-state index is 12.6. The zero-order valence-corrected chi connectivity index (χ0v) is 21.4. The summed E-state index contributed by atoms with van der Waals surface area (Å²) in [5, 5.41) is 29.8. The average molecular weight is 500 g/mol. The van der Waals surface area contributed by atoms with E-state index in [1.807, 2.05) is 50.2 Å². The van der Waals surface area contributed by atoms with Crippen molar-refractivity contribution in [2.24, 2.45) is 5.41 Å². The summed E-state index contributed by atoms with van der Waals surface area (Å²) in [6, 6.07) is 11.7. The summed E-state index contributed by atoms with van der Waals surface area (Å²) in [5.41, 5.74) is 1.25. The second-order valence-electron chi connectivity index (χ2n) is 10.2. The van der Waals surface area contributed by atoms with Gasteiger partial charge in [0.25, 0.3) is 5.91 Å². The molecule has 196 valence electrons. The summed E-state index contributed by atoms with van der Waals surface area (Å²) < 4.78 is 12.0. The molecule has 9 heteroatoms. The number of methoxy groups -OCH3 is 1. The van der Waals surface area contributed by atoms with Crippen molar-refractivity contribution in [3.05, 3.63) is 47.7 Å². The molecule has 1 amide bonds. The van der Waals surface area contributed by atoms with Gasteiger partial charge in [-0.1, -0.05) is 19.1 Å². The zero-order valence-electron chi connectivity index (χ0n) is 21.4. The number of aryl methyl sites for hydroxylation is 1. The molecule has 3 N–H and O–H groups in total. The minimum Gasteiger partial charge on any atom is -0.493 e. The van der Waals surface area contributed by atoms with Gasteiger partial charge in [0.2, 0.25) is 0 Å². The molecule has 36 heavy (non-hydrogen) atoms. The molecule has 9 nitrogen and oxygen atoms in total. The number of benzene rings is 1. The predicted octanol–water partition coefficient (Wildman–Crippen LogP) is 1.72. The molecule has 2 saturated heterocycles. The smallest absolute Gasteiger partial charge is 0.253 e. The number of aliphatic hydroxyl groups is 3. The molecule has 1 aromatic carbocycles. The summed E-state index contributed by atoms with van der Waals surface area (Å²) in [6.45, 7) is 7.14. The zero-order chi connectivity index (χ0) is 26.0. The van der Waals surface area contributed by atoms with Crippen molar-refractivity contribution >= 4 is 11.7 Å². The second kappa shape index (κ2) is 10.6. The number of ether oxygens (including phenoxy) is 2. The number of amides is 1. The Morgan fingerprint density at radius 2 is 2.00 bits per heavy atom. The molecule has 1 aromatic heterocycles. The number of hydrogen-bond donors (Lipinski definition) is 3. The van der Waals surface area contributed by atoms with Crippen LogP contribution < -0.4 is 14.4 Å². The largest absolute Gasteiger partial charge is 0.493 e. The molecule has 2 aliphatic heterocycles. The van der Waals surface area contributed by atoms with Crippen molar-refractivity contribution in [3.8, 4) is 11.5 Å². The number of likely N-dealkylation sites (tertiary alicyclic amines) is 1. The lowest BCUT2D eigenvalue weighted by atomic mass is 9.72. The molecule has 0 radical (unpaired) electrons. The highest BCUT2D eigenvalue weighted by Crippen LogP contribution is 2.47. The van der Waals surface area contributed by atoms with Crippen LogP contribution in [0.1, 0.15) is 37.4 Å². The Morgan fingerprint density at radius 1 is 1.22 bits per heavy atom. The Hall–Kier alpha value is -2.88. The Balaban J connectivity index is 1.56. The van der Waals surface area contributed by atoms with Gasteiger partial charge in [-0.15, -0.1) is 0 Å². The molecule has 5 atom stereocenters. The van der Waals surface area contributed by atoms with E-state index in [-0.39, 0.29) is 18.6 Å². The fraction of sp³-hybridized carbons (Fsp3) is 0.556. The standard InChI is InChI=1S/C27H37N3O6/c1-17-6-5-7-25(28-17)29-11-10-20(13-29)36-24-12-19(8-9-23(24)35-4)21-14-30(26(34)22(33)15-31)16-27(21,3)18(2)32/h5-9,12,18,20-22,31-33H,10-11,13-16H2,1-4H3/t18?,20?,21-,22?,27-/m0/s1. The number of nitrogens with zero attached hydrogens (tertiary/aromatic N) is 3. The van der Waals surface area contributed by atoms with E-state index < -0.39 is 30.1 Å². The van der Waals surface area contributed by atoms with Crippen molar-refractivity contribution in [2.75, 3.05) is 44.8 Å². The summed E-state index contributed by atoms with van der Waals surface area (Å²) >= 11 is 0. The monoisotopic (exact) mass is 499 g/mol. The van der Waals surface area contributed by atoms with E-state index in [0.717, 1.165) is 30.0 Å². The third kappa shape index (κ3) is 5.14. The molecular weight excluding hydrogens is 462 g/mol. The topological polar surface area (TPSA) is 116 Å². The molecular formula is C27H37N3O6. The number of hydrogen-bond acceptors (Lipinski definition) is 8. The number of aromatic nitrogens is 1. The quantitative estimate of drug-likeness (QED) is 0.503. The molecule has 2 aliphatic rings. The number of aliphatic hydroxyl groups excluding tert-OH is 3. The molecule has 2 aromatic rings. The molecule has 0 aliphatic carbocycles. The van der Waals surface area contributed by atoms with Crippen LogP contribution in [0.25, 0.3) is 0 Å². The molecule has 0 saturated carbocycles. The second-order valence-corrected chi connectivity index (χ2v) is 10.2. The SMILES string of the molecule is COc1ccc([C@@H]2CN(C(=O)C(O)CO)C[C@@]2(C)C(C)O)cc1OC1CCN(c2cccc(C)n2)C1. The molecule has 2 fully saturated rings. The van der Waals surface area contributed by atoms with Gasteiger partial charge in [0.1, 0.15) is 11.9 Å². The first-order chi connectivity index (χ1) is 17.2. The minimum absolute atomic E-state index is 0.0408. The summed E-state index contributed by atoms with van der Waals surface area (Å²) in [6.07, 6.45) is -1.37. The third-order valence-corrected chi connectivity index (χ3v) is 7.68. The highest BCUT2D eigenvalue weighted by molar-refractivity contribution is 5.81. The van der Waals surface area contributed by atoms with E-state index in [4.69, 9.17) is 9.47 Å². The van der Waals surface area contributed by atoms with Crippen LogP contribution in [0.3, 0.4) is 0 Å². The van der Waals surface area contributed by atoms with E-state index in [1.54, 1.807) is 14.0 Å². The van der Waals surface area contributed by atoms with E-state index >= 15 is 0 Å². The number of anilines is 1. The van der Waals surface area contributed by atoms with E-state index in [1.165, 1.54) is 4.90 Å². The highest BCUT2D eigenvalue weighted by Gasteiger charge is 2.49. The Morgan fingerprint density at radius 3 is 2.67 bits per heavy atom. The fourth-order valence-corrected chi connectivity index (χ4v) is 5.30. The van der Waals surface area contributed by atoms with Crippen LogP contribution in [0.5, 0.6) is 11.5 Å². The predicted molar refractivity (Wildman–Crippen MR) is 135 cm³/mol. The summed E-state index contributed by atoms with van der Waals surface area (Å²) in [7, 11) is 1.60. The lowest BCUT2D eigenvalue weighted by Crippen LogP contribution is -2.42. The number of carbonyl (C=O) groups is 1. The van der Waals surface area contributed by atoms with E-state index in [0.29, 0.717) is 24.6 Å². The fourth-order valence-electron chi connectivity index (χ4n) is 5.30. The van der Waals surface area contributed by atoms with Crippen LogP contribution in [0.4, 0.5) is 5.82 Å². The third-order valence-electron chi connectivity index (χ3n) is 7.68. The molecule has 0 spiro atoms. The first kappa shape index (κ1) is 26.2. The van der Waals surface area contributed by atoms with Crippen LogP contribution in [-0.4, -0.2) is 89.3 Å². The number of rotatable bonds is 8. The van der Waals surface area contributed by atoms with Crippen molar-refractivity contribution in [3.63, 3.8) is 0 Å².